The van der Waals surface area contributed by atoms with E-state index < -0.39 is 21.6 Å². The average molecular weight is 394 g/mol. The van der Waals surface area contributed by atoms with Gasteiger partial charge in [-0.05, 0) is 42.8 Å². The molecule has 0 saturated carbocycles. The van der Waals surface area contributed by atoms with Gasteiger partial charge in [0.2, 0.25) is 0 Å². The molecule has 3 rings (SSSR count). The summed E-state index contributed by atoms with van der Waals surface area (Å²) in [7, 11) is -3.32. The van der Waals surface area contributed by atoms with Crippen molar-refractivity contribution in [3.05, 3.63) is 47.8 Å². The summed E-state index contributed by atoms with van der Waals surface area (Å²) in [6.07, 6.45) is 1.12. The molecule has 1 N–H and O–H groups in total. The van der Waals surface area contributed by atoms with E-state index in [0.717, 1.165) is 23.2 Å². The first-order valence-corrected chi connectivity index (χ1v) is 10.2. The SMILES string of the molecule is Cc1ccc(F)c(OCC(=O)Nc2nc3ccc(S(C)(=O)=O)cc3s2)c1. The van der Waals surface area contributed by atoms with Crippen LogP contribution >= 0.6 is 11.3 Å². The van der Waals surface area contributed by atoms with Crippen LogP contribution in [-0.2, 0) is 14.6 Å². The number of hydrogen-bond donors (Lipinski definition) is 1. The van der Waals surface area contributed by atoms with E-state index in [2.05, 4.69) is 10.3 Å². The lowest BCUT2D eigenvalue weighted by Gasteiger charge is -2.07. The maximum Gasteiger partial charge on any atom is 0.264 e. The van der Waals surface area contributed by atoms with Crippen LogP contribution in [0.25, 0.3) is 10.2 Å². The van der Waals surface area contributed by atoms with Crippen LogP contribution in [0.2, 0.25) is 0 Å². The fourth-order valence-corrected chi connectivity index (χ4v) is 3.85. The number of aryl methyl sites for hydroxylation is 1. The van der Waals surface area contributed by atoms with Gasteiger partial charge in [-0.15, -0.1) is 0 Å². The number of thiazole rings is 1. The Bertz CT molecular complexity index is 1090. The quantitative estimate of drug-likeness (QED) is 0.718. The van der Waals surface area contributed by atoms with Gasteiger partial charge in [-0.3, -0.25) is 10.1 Å². The highest BCUT2D eigenvalue weighted by Crippen LogP contribution is 2.28. The van der Waals surface area contributed by atoms with Crippen molar-refractivity contribution in [1.29, 1.82) is 0 Å². The molecule has 0 aliphatic carbocycles. The Labute approximate surface area is 153 Å². The number of carbonyl (C=O) groups is 1. The van der Waals surface area contributed by atoms with E-state index in [0.29, 0.717) is 15.3 Å². The third kappa shape index (κ3) is 4.17. The number of anilines is 1. The predicted octanol–water partition coefficient (Wildman–Crippen LogP) is 3.16. The van der Waals surface area contributed by atoms with Crippen LogP contribution in [0.1, 0.15) is 5.56 Å². The van der Waals surface area contributed by atoms with E-state index in [1.54, 1.807) is 19.1 Å². The number of rotatable bonds is 5. The van der Waals surface area contributed by atoms with Crippen molar-refractivity contribution in [2.45, 2.75) is 11.8 Å². The lowest BCUT2D eigenvalue weighted by molar-refractivity contribution is -0.118. The summed E-state index contributed by atoms with van der Waals surface area (Å²) in [5.74, 6) is -1.03. The molecule has 0 fully saturated rings. The highest BCUT2D eigenvalue weighted by molar-refractivity contribution is 7.90. The van der Waals surface area contributed by atoms with Crippen molar-refractivity contribution in [2.75, 3.05) is 18.2 Å². The standard InChI is InChI=1S/C17H15FN2O4S2/c1-10-3-5-12(18)14(7-10)24-9-16(21)20-17-19-13-6-4-11(26(2,22)23)8-15(13)25-17/h3-8H,9H2,1-2H3,(H,19,20,21). The first-order chi connectivity index (χ1) is 12.2. The number of aromatic nitrogens is 1. The predicted molar refractivity (Wildman–Crippen MR) is 98.0 cm³/mol. The van der Waals surface area contributed by atoms with E-state index in [4.69, 9.17) is 4.74 Å². The zero-order valence-electron chi connectivity index (χ0n) is 13.9. The first-order valence-electron chi connectivity index (χ1n) is 7.52. The van der Waals surface area contributed by atoms with Crippen LogP contribution in [-0.4, -0.2) is 32.2 Å². The smallest absolute Gasteiger partial charge is 0.264 e. The number of halogens is 1. The van der Waals surface area contributed by atoms with E-state index in [9.17, 15) is 17.6 Å². The second-order valence-electron chi connectivity index (χ2n) is 5.69. The summed E-state index contributed by atoms with van der Waals surface area (Å²) in [6.45, 7) is 1.42. The molecule has 6 nitrogen and oxygen atoms in total. The summed E-state index contributed by atoms with van der Waals surface area (Å²) in [6, 6.07) is 8.94. The van der Waals surface area contributed by atoms with Gasteiger partial charge in [-0.1, -0.05) is 17.4 Å². The van der Waals surface area contributed by atoms with Crippen molar-refractivity contribution >= 4 is 42.4 Å². The minimum absolute atomic E-state index is 0.00208. The maximum atomic E-state index is 13.6. The second-order valence-corrected chi connectivity index (χ2v) is 8.74. The first kappa shape index (κ1) is 18.3. The lowest BCUT2D eigenvalue weighted by Crippen LogP contribution is -2.20. The molecule has 26 heavy (non-hydrogen) atoms. The zero-order chi connectivity index (χ0) is 18.9. The number of carbonyl (C=O) groups excluding carboxylic acids is 1. The number of nitrogens with zero attached hydrogens (tertiary/aromatic N) is 1. The van der Waals surface area contributed by atoms with Crippen molar-refractivity contribution in [1.82, 2.24) is 4.98 Å². The molecule has 1 heterocycles. The molecule has 0 aliphatic rings. The Morgan fingerprint density at radius 3 is 2.77 bits per heavy atom. The van der Waals surface area contributed by atoms with Crippen molar-refractivity contribution in [3.8, 4) is 5.75 Å². The topological polar surface area (TPSA) is 85.4 Å². The summed E-state index contributed by atoms with van der Waals surface area (Å²) >= 11 is 1.15. The Morgan fingerprint density at radius 2 is 2.04 bits per heavy atom. The number of amides is 1. The Hall–Kier alpha value is -2.52. The molecule has 0 radical (unpaired) electrons. The van der Waals surface area contributed by atoms with Gasteiger partial charge < -0.3 is 4.74 Å². The summed E-state index contributed by atoms with van der Waals surface area (Å²) in [4.78, 5) is 16.4. The molecule has 2 aromatic carbocycles. The molecule has 0 spiro atoms. The van der Waals surface area contributed by atoms with Crippen molar-refractivity contribution < 1.29 is 22.3 Å². The van der Waals surface area contributed by atoms with E-state index in [1.807, 2.05) is 0 Å². The van der Waals surface area contributed by atoms with Gasteiger partial charge in [0, 0.05) is 6.26 Å². The van der Waals surface area contributed by atoms with Gasteiger partial charge in [0.15, 0.2) is 33.1 Å². The monoisotopic (exact) mass is 394 g/mol. The Kier molecular flexibility index (Phi) is 4.92. The minimum atomic E-state index is -3.32. The number of hydrogen-bond acceptors (Lipinski definition) is 6. The Morgan fingerprint density at radius 1 is 1.27 bits per heavy atom. The molecule has 0 unspecified atom stereocenters. The van der Waals surface area contributed by atoms with Gasteiger partial charge in [-0.25, -0.2) is 17.8 Å². The molecule has 0 bridgehead atoms. The summed E-state index contributed by atoms with van der Waals surface area (Å²) < 4.78 is 42.6. The molecular formula is C17H15FN2O4S2. The van der Waals surface area contributed by atoms with Crippen molar-refractivity contribution in [3.63, 3.8) is 0 Å². The van der Waals surface area contributed by atoms with Crippen LogP contribution in [0.15, 0.2) is 41.3 Å². The van der Waals surface area contributed by atoms with Crippen LogP contribution < -0.4 is 10.1 Å². The van der Waals surface area contributed by atoms with Crippen LogP contribution in [0, 0.1) is 12.7 Å². The number of benzene rings is 2. The second kappa shape index (κ2) is 7.00. The van der Waals surface area contributed by atoms with Gasteiger partial charge in [0.05, 0.1) is 15.1 Å². The molecule has 0 atom stereocenters. The summed E-state index contributed by atoms with van der Waals surface area (Å²) in [5, 5.41) is 2.87. The Balaban J connectivity index is 1.70. The van der Waals surface area contributed by atoms with E-state index in [-0.39, 0.29) is 17.3 Å². The van der Waals surface area contributed by atoms with Crippen LogP contribution in [0.4, 0.5) is 9.52 Å². The molecule has 1 aromatic heterocycles. The van der Waals surface area contributed by atoms with Gasteiger partial charge in [-0.2, -0.15) is 0 Å². The molecule has 9 heteroatoms. The number of sulfone groups is 1. The fourth-order valence-electron chi connectivity index (χ4n) is 2.21. The highest BCUT2D eigenvalue weighted by Gasteiger charge is 2.13. The third-order valence-electron chi connectivity index (χ3n) is 3.48. The van der Waals surface area contributed by atoms with E-state index in [1.165, 1.54) is 24.3 Å². The molecule has 0 aliphatic heterocycles. The minimum Gasteiger partial charge on any atom is -0.481 e. The zero-order valence-corrected chi connectivity index (χ0v) is 15.6. The number of nitrogens with one attached hydrogen (secondary N) is 1. The molecule has 136 valence electrons. The molecular weight excluding hydrogens is 379 g/mol. The normalized spacial score (nSPS) is 11.5. The molecule has 3 aromatic rings. The van der Waals surface area contributed by atoms with Crippen LogP contribution in [0.5, 0.6) is 5.75 Å². The van der Waals surface area contributed by atoms with Gasteiger partial charge in [0.25, 0.3) is 5.91 Å². The highest BCUT2D eigenvalue weighted by atomic mass is 32.2. The molecule has 0 saturated heterocycles. The summed E-state index contributed by atoms with van der Waals surface area (Å²) in [5.41, 5.74) is 1.39. The average Bonchev–Trinajstić information content (AvgIpc) is 2.96. The maximum absolute atomic E-state index is 13.6. The largest absolute Gasteiger partial charge is 0.481 e. The number of ether oxygens (including phenoxy) is 1. The van der Waals surface area contributed by atoms with E-state index >= 15 is 0 Å². The van der Waals surface area contributed by atoms with Gasteiger partial charge in [0.1, 0.15) is 0 Å². The fraction of sp³-hybridized carbons (Fsp3) is 0.176. The third-order valence-corrected chi connectivity index (χ3v) is 5.52. The van der Waals surface area contributed by atoms with Crippen LogP contribution in [0.3, 0.4) is 0 Å². The van der Waals surface area contributed by atoms with Crippen molar-refractivity contribution in [2.24, 2.45) is 0 Å². The number of fused-ring (bicyclic) bond motifs is 1. The lowest BCUT2D eigenvalue weighted by atomic mass is 10.2. The molecule has 1 amide bonds. The van der Waals surface area contributed by atoms with Gasteiger partial charge >= 0.3 is 0 Å².